The summed E-state index contributed by atoms with van der Waals surface area (Å²) in [7, 11) is 0. The fraction of sp³-hybridized carbons (Fsp3) is 0.769. The maximum Gasteiger partial charge on any atom is 0.410 e. The molecule has 0 saturated heterocycles. The standard InChI is InChI=1S/C13H23NO2/c1-5-10-16-12(15)14-8-6-11(7-9-14)13(2,3)4/h6H,5,7-10H2,1-4H3. The van der Waals surface area contributed by atoms with Crippen LogP contribution < -0.4 is 0 Å². The Labute approximate surface area is 98.5 Å². The third kappa shape index (κ3) is 3.54. The topological polar surface area (TPSA) is 29.5 Å². The molecule has 0 fully saturated rings. The number of hydrogen-bond acceptors (Lipinski definition) is 2. The molecule has 1 aliphatic heterocycles. The molecule has 0 aromatic carbocycles. The lowest BCUT2D eigenvalue weighted by Crippen LogP contribution is -2.36. The van der Waals surface area contributed by atoms with Gasteiger partial charge in [-0.15, -0.1) is 0 Å². The molecule has 0 radical (unpaired) electrons. The molecule has 0 unspecified atom stereocenters. The van der Waals surface area contributed by atoms with E-state index in [1.165, 1.54) is 5.57 Å². The molecule has 0 spiro atoms. The van der Waals surface area contributed by atoms with E-state index in [-0.39, 0.29) is 11.5 Å². The van der Waals surface area contributed by atoms with E-state index in [1.807, 2.05) is 6.92 Å². The van der Waals surface area contributed by atoms with Gasteiger partial charge < -0.3 is 9.64 Å². The van der Waals surface area contributed by atoms with Gasteiger partial charge in [0.1, 0.15) is 0 Å². The molecule has 0 N–H and O–H groups in total. The van der Waals surface area contributed by atoms with Gasteiger partial charge in [0.2, 0.25) is 0 Å². The van der Waals surface area contributed by atoms with Gasteiger partial charge in [-0.3, -0.25) is 0 Å². The molecular weight excluding hydrogens is 202 g/mol. The Kier molecular flexibility index (Phi) is 4.39. The summed E-state index contributed by atoms with van der Waals surface area (Å²) in [6.07, 6.45) is 3.83. The molecule has 1 amide bonds. The molecule has 0 aromatic rings. The van der Waals surface area contributed by atoms with E-state index in [9.17, 15) is 4.79 Å². The molecule has 0 aliphatic carbocycles. The summed E-state index contributed by atoms with van der Waals surface area (Å²) in [5, 5.41) is 0. The SMILES string of the molecule is CCCOC(=O)N1CC=C(C(C)(C)C)CC1. The molecule has 0 saturated carbocycles. The molecule has 1 aliphatic rings. The van der Waals surface area contributed by atoms with Crippen LogP contribution in [0.5, 0.6) is 0 Å². The molecule has 1 rings (SSSR count). The lowest BCUT2D eigenvalue weighted by atomic mass is 9.83. The van der Waals surface area contributed by atoms with Crippen LogP contribution in [-0.2, 0) is 4.74 Å². The first-order valence-corrected chi connectivity index (χ1v) is 6.06. The second kappa shape index (κ2) is 5.37. The summed E-state index contributed by atoms with van der Waals surface area (Å²) in [5.41, 5.74) is 1.66. The van der Waals surface area contributed by atoms with E-state index in [2.05, 4.69) is 26.8 Å². The van der Waals surface area contributed by atoms with Crippen LogP contribution in [0.25, 0.3) is 0 Å². The first-order valence-electron chi connectivity index (χ1n) is 6.06. The number of carbonyl (C=O) groups excluding carboxylic acids is 1. The molecule has 3 nitrogen and oxygen atoms in total. The Bertz CT molecular complexity index is 276. The Hall–Kier alpha value is -0.990. The van der Waals surface area contributed by atoms with Crippen LogP contribution in [0, 0.1) is 5.41 Å². The minimum atomic E-state index is -0.175. The summed E-state index contributed by atoms with van der Waals surface area (Å²) >= 11 is 0. The van der Waals surface area contributed by atoms with Gasteiger partial charge in [0, 0.05) is 13.1 Å². The van der Waals surface area contributed by atoms with E-state index in [4.69, 9.17) is 4.74 Å². The third-order valence-electron chi connectivity index (χ3n) is 2.86. The number of hydrogen-bond donors (Lipinski definition) is 0. The fourth-order valence-electron chi connectivity index (χ4n) is 1.80. The first kappa shape index (κ1) is 13.1. The maximum absolute atomic E-state index is 11.6. The highest BCUT2D eigenvalue weighted by Crippen LogP contribution is 2.30. The van der Waals surface area contributed by atoms with E-state index in [0.717, 1.165) is 19.4 Å². The average Bonchev–Trinajstić information content (AvgIpc) is 2.25. The summed E-state index contributed by atoms with van der Waals surface area (Å²) in [4.78, 5) is 13.4. The second-order valence-electron chi connectivity index (χ2n) is 5.29. The molecule has 92 valence electrons. The van der Waals surface area contributed by atoms with Gasteiger partial charge in [-0.25, -0.2) is 4.79 Å². The van der Waals surface area contributed by atoms with Crippen molar-refractivity contribution in [2.24, 2.45) is 5.41 Å². The van der Waals surface area contributed by atoms with Crippen LogP contribution in [0.2, 0.25) is 0 Å². The monoisotopic (exact) mass is 225 g/mol. The van der Waals surface area contributed by atoms with Crippen molar-refractivity contribution >= 4 is 6.09 Å². The van der Waals surface area contributed by atoms with Gasteiger partial charge in [-0.2, -0.15) is 0 Å². The highest BCUT2D eigenvalue weighted by Gasteiger charge is 2.23. The largest absolute Gasteiger partial charge is 0.449 e. The van der Waals surface area contributed by atoms with Crippen molar-refractivity contribution in [3.63, 3.8) is 0 Å². The predicted octanol–water partition coefficient (Wildman–Crippen LogP) is 3.21. The van der Waals surface area contributed by atoms with Crippen LogP contribution in [0.15, 0.2) is 11.6 Å². The maximum atomic E-state index is 11.6. The van der Waals surface area contributed by atoms with Gasteiger partial charge >= 0.3 is 6.09 Å². The summed E-state index contributed by atoms with van der Waals surface area (Å²) < 4.78 is 5.11. The minimum Gasteiger partial charge on any atom is -0.449 e. The van der Waals surface area contributed by atoms with Crippen LogP contribution in [0.3, 0.4) is 0 Å². The van der Waals surface area contributed by atoms with Crippen LogP contribution in [-0.4, -0.2) is 30.7 Å². The van der Waals surface area contributed by atoms with Crippen molar-refractivity contribution in [1.29, 1.82) is 0 Å². The van der Waals surface area contributed by atoms with E-state index < -0.39 is 0 Å². The lowest BCUT2D eigenvalue weighted by Gasteiger charge is -2.31. The average molecular weight is 225 g/mol. The Morgan fingerprint density at radius 2 is 2.19 bits per heavy atom. The Morgan fingerprint density at radius 3 is 2.62 bits per heavy atom. The normalized spacial score (nSPS) is 17.0. The Morgan fingerprint density at radius 1 is 1.50 bits per heavy atom. The smallest absolute Gasteiger partial charge is 0.410 e. The quantitative estimate of drug-likeness (QED) is 0.675. The number of amides is 1. The number of carbonyl (C=O) groups is 1. The highest BCUT2D eigenvalue weighted by atomic mass is 16.6. The molecule has 3 heteroatoms. The zero-order valence-corrected chi connectivity index (χ0v) is 10.9. The summed E-state index contributed by atoms with van der Waals surface area (Å²) in [5.74, 6) is 0. The van der Waals surface area contributed by atoms with Crippen LogP contribution in [0.1, 0.15) is 40.5 Å². The number of rotatable bonds is 2. The second-order valence-corrected chi connectivity index (χ2v) is 5.29. The molecular formula is C13H23NO2. The van der Waals surface area contributed by atoms with E-state index in [1.54, 1.807) is 4.90 Å². The van der Waals surface area contributed by atoms with Crippen molar-refractivity contribution in [3.8, 4) is 0 Å². The Balaban J connectivity index is 2.48. The fourth-order valence-corrected chi connectivity index (χ4v) is 1.80. The number of nitrogens with zero attached hydrogens (tertiary/aromatic N) is 1. The lowest BCUT2D eigenvalue weighted by molar-refractivity contribution is 0.104. The predicted molar refractivity (Wildman–Crippen MR) is 65.4 cm³/mol. The third-order valence-corrected chi connectivity index (χ3v) is 2.86. The van der Waals surface area contributed by atoms with Crippen molar-refractivity contribution in [3.05, 3.63) is 11.6 Å². The van der Waals surface area contributed by atoms with Gasteiger partial charge in [0.05, 0.1) is 6.61 Å². The van der Waals surface area contributed by atoms with Gasteiger partial charge in [-0.05, 0) is 18.3 Å². The van der Waals surface area contributed by atoms with Crippen LogP contribution >= 0.6 is 0 Å². The van der Waals surface area contributed by atoms with Crippen molar-refractivity contribution in [2.75, 3.05) is 19.7 Å². The summed E-state index contributed by atoms with van der Waals surface area (Å²) in [6, 6.07) is 0. The van der Waals surface area contributed by atoms with Gasteiger partial charge in [-0.1, -0.05) is 39.3 Å². The molecule has 0 bridgehead atoms. The van der Waals surface area contributed by atoms with Crippen molar-refractivity contribution < 1.29 is 9.53 Å². The molecule has 16 heavy (non-hydrogen) atoms. The van der Waals surface area contributed by atoms with E-state index >= 15 is 0 Å². The molecule has 1 heterocycles. The minimum absolute atomic E-state index is 0.175. The molecule has 0 aromatic heterocycles. The zero-order chi connectivity index (χ0) is 12.2. The van der Waals surface area contributed by atoms with Gasteiger partial charge in [0.25, 0.3) is 0 Å². The van der Waals surface area contributed by atoms with E-state index in [0.29, 0.717) is 13.2 Å². The first-order chi connectivity index (χ1) is 7.45. The molecule has 0 atom stereocenters. The van der Waals surface area contributed by atoms with Gasteiger partial charge in [0.15, 0.2) is 0 Å². The summed E-state index contributed by atoms with van der Waals surface area (Å²) in [6.45, 7) is 10.6. The zero-order valence-electron chi connectivity index (χ0n) is 10.9. The number of ether oxygens (including phenoxy) is 1. The van der Waals surface area contributed by atoms with Crippen molar-refractivity contribution in [2.45, 2.75) is 40.5 Å². The van der Waals surface area contributed by atoms with Crippen molar-refractivity contribution in [1.82, 2.24) is 4.90 Å². The van der Waals surface area contributed by atoms with Crippen LogP contribution in [0.4, 0.5) is 4.79 Å². The highest BCUT2D eigenvalue weighted by molar-refractivity contribution is 5.68.